The smallest absolute Gasteiger partial charge is 0.164 e. The number of benzene rings is 8. The van der Waals surface area contributed by atoms with Crippen LogP contribution in [0, 0.1) is 0 Å². The van der Waals surface area contributed by atoms with Crippen molar-refractivity contribution in [3.05, 3.63) is 212 Å². The first-order valence-corrected chi connectivity index (χ1v) is 20.4. The molecule has 8 aromatic carbocycles. The van der Waals surface area contributed by atoms with Crippen LogP contribution in [-0.4, -0.2) is 15.0 Å². The molecule has 0 spiro atoms. The van der Waals surface area contributed by atoms with Crippen molar-refractivity contribution in [1.82, 2.24) is 15.0 Å². The number of para-hydroxylation sites is 2. The fraction of sp³-hybridized carbons (Fsp3) is 0.0364. The summed E-state index contributed by atoms with van der Waals surface area (Å²) in [6.07, 6.45) is 8.50. The lowest BCUT2D eigenvalue weighted by atomic mass is 10.00. The molecule has 0 radical (unpaired) electrons. The fourth-order valence-electron chi connectivity index (χ4n) is 8.39. The fourth-order valence-corrected chi connectivity index (χ4v) is 8.39. The third-order valence-electron chi connectivity index (χ3n) is 11.3. The second-order valence-electron chi connectivity index (χ2n) is 15.1. The highest BCUT2D eigenvalue weighted by molar-refractivity contribution is 6.12. The van der Waals surface area contributed by atoms with Gasteiger partial charge in [-0.25, -0.2) is 15.0 Å². The summed E-state index contributed by atoms with van der Waals surface area (Å²) in [4.78, 5) is 17.6. The Morgan fingerprint density at radius 3 is 1.95 bits per heavy atom. The molecule has 0 aliphatic heterocycles. The standard InChI is InChI=1S/C55H38N4O/c1-4-16-39(17-5-1)46-23-12-13-25-49(46)59(44-21-8-3-9-22-44)45-32-29-38(30-33-45)42-31-34-47-51(36-42)60-50-26-14-24-48(52(47)50)55-57-53(40-18-6-2-7-19-40)56-54(58-55)43-28-27-37-15-10-11-20-41(37)35-43/h1,3-6,8-36H,2,7H2. The summed E-state index contributed by atoms with van der Waals surface area (Å²) in [5.74, 6) is 1.93. The van der Waals surface area contributed by atoms with Gasteiger partial charge in [-0.05, 0) is 94.9 Å². The maximum Gasteiger partial charge on any atom is 0.164 e. The molecule has 5 heteroatoms. The van der Waals surface area contributed by atoms with E-state index < -0.39 is 0 Å². The zero-order valence-electron chi connectivity index (χ0n) is 32.7. The average Bonchev–Trinajstić information content (AvgIpc) is 3.71. The zero-order valence-corrected chi connectivity index (χ0v) is 32.7. The molecule has 1 aliphatic carbocycles. The van der Waals surface area contributed by atoms with Gasteiger partial charge in [-0.15, -0.1) is 0 Å². The Kier molecular flexibility index (Phi) is 8.90. The SMILES string of the molecule is C1=CC(c2nc(-c3ccc4ccccc4c3)nc(-c3cccc4oc5cc(-c6ccc(N(c7ccccc7)c7ccccc7-c7ccccc7)cc6)ccc5c34)n2)=CCC1. The van der Waals surface area contributed by atoms with Crippen molar-refractivity contribution in [3.8, 4) is 45.0 Å². The van der Waals surface area contributed by atoms with Gasteiger partial charge >= 0.3 is 0 Å². The first-order chi connectivity index (χ1) is 29.7. The molecule has 2 aromatic heterocycles. The van der Waals surface area contributed by atoms with Crippen LogP contribution in [0.25, 0.3) is 83.3 Å². The van der Waals surface area contributed by atoms with Crippen LogP contribution < -0.4 is 4.90 Å². The van der Waals surface area contributed by atoms with E-state index in [2.05, 4.69) is 199 Å². The third kappa shape index (κ3) is 6.52. The van der Waals surface area contributed by atoms with Crippen LogP contribution in [0.3, 0.4) is 0 Å². The van der Waals surface area contributed by atoms with Crippen LogP contribution in [0.2, 0.25) is 0 Å². The van der Waals surface area contributed by atoms with Gasteiger partial charge in [0.25, 0.3) is 0 Å². The molecule has 0 bridgehead atoms. The lowest BCUT2D eigenvalue weighted by Gasteiger charge is -2.28. The molecule has 60 heavy (non-hydrogen) atoms. The number of furan rings is 1. The summed E-state index contributed by atoms with van der Waals surface area (Å²) in [5.41, 5.74) is 12.3. The Labute approximate surface area is 348 Å². The molecule has 0 saturated carbocycles. The number of aromatic nitrogens is 3. The van der Waals surface area contributed by atoms with E-state index in [0.717, 1.165) is 85.1 Å². The van der Waals surface area contributed by atoms with Crippen molar-refractivity contribution in [2.45, 2.75) is 12.8 Å². The number of rotatable bonds is 8. The highest BCUT2D eigenvalue weighted by Crippen LogP contribution is 2.42. The Bertz CT molecular complexity index is 3260. The second-order valence-corrected chi connectivity index (χ2v) is 15.1. The van der Waals surface area contributed by atoms with Gasteiger partial charge in [0.2, 0.25) is 0 Å². The van der Waals surface area contributed by atoms with Gasteiger partial charge in [0.15, 0.2) is 17.5 Å². The van der Waals surface area contributed by atoms with E-state index >= 15 is 0 Å². The summed E-state index contributed by atoms with van der Waals surface area (Å²) in [7, 11) is 0. The Morgan fingerprint density at radius 1 is 0.433 bits per heavy atom. The molecular formula is C55H38N4O. The molecule has 0 fully saturated rings. The number of hydrogen-bond donors (Lipinski definition) is 0. The summed E-state index contributed by atoms with van der Waals surface area (Å²) in [5, 5.41) is 4.32. The number of allylic oxidation sites excluding steroid dienone is 4. The van der Waals surface area contributed by atoms with Crippen molar-refractivity contribution in [2.75, 3.05) is 4.90 Å². The van der Waals surface area contributed by atoms with Gasteiger partial charge < -0.3 is 9.32 Å². The van der Waals surface area contributed by atoms with Gasteiger partial charge in [-0.1, -0.05) is 152 Å². The predicted octanol–water partition coefficient (Wildman–Crippen LogP) is 14.8. The zero-order chi connectivity index (χ0) is 39.8. The van der Waals surface area contributed by atoms with E-state index in [9.17, 15) is 0 Å². The molecule has 11 rings (SSSR count). The quantitative estimate of drug-likeness (QED) is 0.154. The molecule has 2 heterocycles. The lowest BCUT2D eigenvalue weighted by molar-refractivity contribution is 0.669. The van der Waals surface area contributed by atoms with Crippen LogP contribution in [0.4, 0.5) is 17.1 Å². The number of nitrogens with zero attached hydrogens (tertiary/aromatic N) is 4. The number of anilines is 3. The van der Waals surface area contributed by atoms with E-state index in [4.69, 9.17) is 19.4 Å². The van der Waals surface area contributed by atoms with Crippen LogP contribution in [-0.2, 0) is 0 Å². The minimum Gasteiger partial charge on any atom is -0.456 e. The van der Waals surface area contributed by atoms with Crippen molar-refractivity contribution in [2.24, 2.45) is 0 Å². The molecule has 0 unspecified atom stereocenters. The highest BCUT2D eigenvalue weighted by atomic mass is 16.3. The van der Waals surface area contributed by atoms with Crippen molar-refractivity contribution < 1.29 is 4.42 Å². The van der Waals surface area contributed by atoms with E-state index in [1.54, 1.807) is 0 Å². The van der Waals surface area contributed by atoms with Crippen molar-refractivity contribution in [1.29, 1.82) is 0 Å². The van der Waals surface area contributed by atoms with Gasteiger partial charge in [-0.2, -0.15) is 0 Å². The maximum absolute atomic E-state index is 6.62. The molecule has 5 nitrogen and oxygen atoms in total. The molecular weight excluding hydrogens is 733 g/mol. The van der Waals surface area contributed by atoms with E-state index in [-0.39, 0.29) is 0 Å². The normalized spacial score (nSPS) is 12.6. The van der Waals surface area contributed by atoms with E-state index in [0.29, 0.717) is 17.5 Å². The molecule has 1 aliphatic rings. The second kappa shape index (κ2) is 15.1. The van der Waals surface area contributed by atoms with Gasteiger partial charge in [0, 0.05) is 44.4 Å². The van der Waals surface area contributed by atoms with Crippen molar-refractivity contribution >= 4 is 55.3 Å². The summed E-state index contributed by atoms with van der Waals surface area (Å²) in [6.45, 7) is 0. The number of hydrogen-bond acceptors (Lipinski definition) is 5. The van der Waals surface area contributed by atoms with Gasteiger partial charge in [0.05, 0.1) is 5.69 Å². The Morgan fingerprint density at radius 2 is 1.12 bits per heavy atom. The molecule has 0 N–H and O–H groups in total. The average molecular weight is 771 g/mol. The topological polar surface area (TPSA) is 55.1 Å². The van der Waals surface area contributed by atoms with Crippen LogP contribution in [0.5, 0.6) is 0 Å². The van der Waals surface area contributed by atoms with Crippen LogP contribution in [0.1, 0.15) is 18.7 Å². The molecule has 284 valence electrons. The highest BCUT2D eigenvalue weighted by Gasteiger charge is 2.20. The van der Waals surface area contributed by atoms with Gasteiger partial charge in [0.1, 0.15) is 11.2 Å². The van der Waals surface area contributed by atoms with Gasteiger partial charge in [-0.3, -0.25) is 0 Å². The first-order valence-electron chi connectivity index (χ1n) is 20.4. The summed E-state index contributed by atoms with van der Waals surface area (Å²) >= 11 is 0. The van der Waals surface area contributed by atoms with E-state index in [1.165, 1.54) is 16.5 Å². The van der Waals surface area contributed by atoms with Crippen LogP contribution >= 0.6 is 0 Å². The van der Waals surface area contributed by atoms with E-state index in [1.807, 2.05) is 12.1 Å². The minimum absolute atomic E-state index is 0.618. The summed E-state index contributed by atoms with van der Waals surface area (Å²) in [6, 6.07) is 65.9. The largest absolute Gasteiger partial charge is 0.456 e. The number of fused-ring (bicyclic) bond motifs is 4. The molecule has 0 amide bonds. The van der Waals surface area contributed by atoms with Crippen LogP contribution in [0.15, 0.2) is 211 Å². The summed E-state index contributed by atoms with van der Waals surface area (Å²) < 4.78 is 6.62. The monoisotopic (exact) mass is 770 g/mol. The predicted molar refractivity (Wildman–Crippen MR) is 247 cm³/mol. The third-order valence-corrected chi connectivity index (χ3v) is 11.3. The van der Waals surface area contributed by atoms with Crippen molar-refractivity contribution in [3.63, 3.8) is 0 Å². The molecule has 0 atom stereocenters. The molecule has 10 aromatic rings. The Hall–Kier alpha value is -7.89. The maximum atomic E-state index is 6.62. The minimum atomic E-state index is 0.618. The molecule has 0 saturated heterocycles. The first kappa shape index (κ1) is 35.3. The Balaban J connectivity index is 0.984. The lowest BCUT2D eigenvalue weighted by Crippen LogP contribution is -2.11.